The molecule has 0 aromatic carbocycles. The van der Waals surface area contributed by atoms with Crippen molar-refractivity contribution in [3.05, 3.63) is 11.4 Å². The maximum Gasteiger partial charge on any atom is 0.0991 e. The van der Waals surface area contributed by atoms with E-state index in [2.05, 4.69) is 10.3 Å². The van der Waals surface area contributed by atoms with Crippen LogP contribution in [0.25, 0.3) is 0 Å². The summed E-state index contributed by atoms with van der Waals surface area (Å²) in [4.78, 5) is 0. The summed E-state index contributed by atoms with van der Waals surface area (Å²) >= 11 is 0. The summed E-state index contributed by atoms with van der Waals surface area (Å²) in [6.45, 7) is 5.10. The molecule has 0 bridgehead atoms. The molecular weight excluding hydrogens is 180 g/mol. The smallest absolute Gasteiger partial charge is 0.0991 e. The number of aromatic nitrogens is 3. The van der Waals surface area contributed by atoms with Gasteiger partial charge in [-0.2, -0.15) is 0 Å². The summed E-state index contributed by atoms with van der Waals surface area (Å²) < 4.78 is 7.25. The average Bonchev–Trinajstić information content (AvgIpc) is 2.79. The Bertz CT molecular complexity index is 304. The molecule has 78 valence electrons. The van der Waals surface area contributed by atoms with Crippen molar-refractivity contribution < 1.29 is 4.74 Å². The highest BCUT2D eigenvalue weighted by atomic mass is 16.5. The van der Waals surface area contributed by atoms with Gasteiger partial charge in [0.05, 0.1) is 18.0 Å². The van der Waals surface area contributed by atoms with E-state index in [4.69, 9.17) is 10.5 Å². The van der Waals surface area contributed by atoms with E-state index in [0.29, 0.717) is 12.5 Å². The molecule has 2 rings (SSSR count). The highest BCUT2D eigenvalue weighted by Crippen LogP contribution is 2.15. The lowest BCUT2D eigenvalue weighted by Gasteiger charge is -2.08. The van der Waals surface area contributed by atoms with Crippen molar-refractivity contribution in [3.8, 4) is 0 Å². The van der Waals surface area contributed by atoms with Crippen molar-refractivity contribution in [2.24, 2.45) is 11.7 Å². The van der Waals surface area contributed by atoms with Crippen LogP contribution in [-0.4, -0.2) is 28.2 Å². The van der Waals surface area contributed by atoms with Crippen molar-refractivity contribution in [3.63, 3.8) is 0 Å². The second-order valence-corrected chi connectivity index (χ2v) is 3.74. The summed E-state index contributed by atoms with van der Waals surface area (Å²) in [6, 6.07) is 0. The summed E-state index contributed by atoms with van der Waals surface area (Å²) in [6.07, 6.45) is 1.12. The molecule has 2 heterocycles. The predicted octanol–water partition coefficient (Wildman–Crippen LogP) is 0.0817. The van der Waals surface area contributed by atoms with Gasteiger partial charge in [-0.15, -0.1) is 5.10 Å². The lowest BCUT2D eigenvalue weighted by atomic mass is 10.1. The fourth-order valence-electron chi connectivity index (χ4n) is 1.73. The zero-order valence-corrected chi connectivity index (χ0v) is 8.44. The van der Waals surface area contributed by atoms with Crippen molar-refractivity contribution in [1.82, 2.24) is 15.0 Å². The second kappa shape index (κ2) is 4.06. The van der Waals surface area contributed by atoms with Gasteiger partial charge in [-0.05, 0) is 13.3 Å². The number of hydrogen-bond acceptors (Lipinski definition) is 4. The van der Waals surface area contributed by atoms with Crippen LogP contribution in [0.3, 0.4) is 0 Å². The SMILES string of the molecule is Cc1c(CN)nnn1CC1CCOC1. The number of nitrogens with zero attached hydrogens (tertiary/aromatic N) is 3. The Hall–Kier alpha value is -0.940. The van der Waals surface area contributed by atoms with Crippen LogP contribution >= 0.6 is 0 Å². The van der Waals surface area contributed by atoms with Crippen molar-refractivity contribution in [1.29, 1.82) is 0 Å². The molecule has 5 nitrogen and oxygen atoms in total. The van der Waals surface area contributed by atoms with Crippen LogP contribution in [0.5, 0.6) is 0 Å². The first kappa shape index (κ1) is 9.61. The summed E-state index contributed by atoms with van der Waals surface area (Å²) in [7, 11) is 0. The van der Waals surface area contributed by atoms with E-state index in [1.807, 2.05) is 11.6 Å². The van der Waals surface area contributed by atoms with Crippen LogP contribution in [0, 0.1) is 12.8 Å². The van der Waals surface area contributed by atoms with Gasteiger partial charge in [-0.25, -0.2) is 4.68 Å². The lowest BCUT2D eigenvalue weighted by Crippen LogP contribution is -2.13. The maximum atomic E-state index is 5.53. The van der Waals surface area contributed by atoms with E-state index in [1.54, 1.807) is 0 Å². The van der Waals surface area contributed by atoms with E-state index in [9.17, 15) is 0 Å². The molecule has 0 radical (unpaired) electrons. The average molecular weight is 196 g/mol. The van der Waals surface area contributed by atoms with E-state index in [0.717, 1.165) is 37.6 Å². The normalized spacial score (nSPS) is 21.7. The molecule has 14 heavy (non-hydrogen) atoms. The van der Waals surface area contributed by atoms with E-state index in [1.165, 1.54) is 0 Å². The number of nitrogens with two attached hydrogens (primary N) is 1. The Morgan fingerprint density at radius 3 is 3.07 bits per heavy atom. The molecule has 1 aliphatic rings. The molecule has 1 aromatic rings. The maximum absolute atomic E-state index is 5.53. The largest absolute Gasteiger partial charge is 0.381 e. The number of rotatable bonds is 3. The van der Waals surface area contributed by atoms with Gasteiger partial charge < -0.3 is 10.5 Å². The molecule has 1 fully saturated rings. The van der Waals surface area contributed by atoms with Crippen LogP contribution in [0.4, 0.5) is 0 Å². The van der Waals surface area contributed by atoms with Gasteiger partial charge in [0, 0.05) is 25.6 Å². The summed E-state index contributed by atoms with van der Waals surface area (Å²) in [5.74, 6) is 0.584. The summed E-state index contributed by atoms with van der Waals surface area (Å²) in [5, 5.41) is 8.10. The molecule has 2 N–H and O–H groups in total. The topological polar surface area (TPSA) is 66.0 Å². The molecule has 0 spiro atoms. The molecule has 0 aliphatic carbocycles. The van der Waals surface area contributed by atoms with Gasteiger partial charge in [0.1, 0.15) is 0 Å². The molecule has 0 amide bonds. The molecule has 1 aliphatic heterocycles. The highest BCUT2D eigenvalue weighted by Gasteiger charge is 2.18. The highest BCUT2D eigenvalue weighted by molar-refractivity contribution is 5.06. The molecule has 1 aromatic heterocycles. The minimum Gasteiger partial charge on any atom is -0.381 e. The molecule has 1 atom stereocenters. The Kier molecular flexibility index (Phi) is 2.79. The van der Waals surface area contributed by atoms with Crippen molar-refractivity contribution in [2.45, 2.75) is 26.4 Å². The van der Waals surface area contributed by atoms with Crippen molar-refractivity contribution in [2.75, 3.05) is 13.2 Å². The molecular formula is C9H16N4O. The van der Waals surface area contributed by atoms with Crippen LogP contribution in [0.1, 0.15) is 17.8 Å². The van der Waals surface area contributed by atoms with Gasteiger partial charge >= 0.3 is 0 Å². The van der Waals surface area contributed by atoms with E-state index in [-0.39, 0.29) is 0 Å². The quantitative estimate of drug-likeness (QED) is 0.743. The van der Waals surface area contributed by atoms with Gasteiger partial charge in [0.15, 0.2) is 0 Å². The van der Waals surface area contributed by atoms with Crippen LogP contribution in [0.2, 0.25) is 0 Å². The zero-order chi connectivity index (χ0) is 9.97. The molecule has 0 saturated carbocycles. The van der Waals surface area contributed by atoms with Gasteiger partial charge in [0.2, 0.25) is 0 Å². The Morgan fingerprint density at radius 1 is 1.64 bits per heavy atom. The van der Waals surface area contributed by atoms with Gasteiger partial charge in [-0.1, -0.05) is 5.21 Å². The zero-order valence-electron chi connectivity index (χ0n) is 8.44. The third-order valence-corrected chi connectivity index (χ3v) is 2.73. The van der Waals surface area contributed by atoms with Crippen LogP contribution < -0.4 is 5.73 Å². The minimum atomic E-state index is 0.465. The first-order valence-electron chi connectivity index (χ1n) is 4.98. The van der Waals surface area contributed by atoms with Crippen molar-refractivity contribution >= 4 is 0 Å². The van der Waals surface area contributed by atoms with Crippen LogP contribution in [0.15, 0.2) is 0 Å². The number of hydrogen-bond donors (Lipinski definition) is 1. The van der Waals surface area contributed by atoms with Crippen LogP contribution in [-0.2, 0) is 17.8 Å². The van der Waals surface area contributed by atoms with E-state index >= 15 is 0 Å². The number of ether oxygens (including phenoxy) is 1. The third kappa shape index (κ3) is 1.78. The summed E-state index contributed by atoms with van der Waals surface area (Å²) in [5.41, 5.74) is 7.51. The van der Waals surface area contributed by atoms with E-state index < -0.39 is 0 Å². The first-order chi connectivity index (χ1) is 6.81. The first-order valence-corrected chi connectivity index (χ1v) is 4.98. The molecule has 1 saturated heterocycles. The fourth-order valence-corrected chi connectivity index (χ4v) is 1.73. The standard InChI is InChI=1S/C9H16N4O/c1-7-9(4-10)11-12-13(7)5-8-2-3-14-6-8/h8H,2-6,10H2,1H3. The van der Waals surface area contributed by atoms with Gasteiger partial charge in [-0.3, -0.25) is 0 Å². The van der Waals surface area contributed by atoms with Gasteiger partial charge in [0.25, 0.3) is 0 Å². The second-order valence-electron chi connectivity index (χ2n) is 3.74. The Balaban J connectivity index is 2.04. The minimum absolute atomic E-state index is 0.465. The molecule has 5 heteroatoms. The Morgan fingerprint density at radius 2 is 2.50 bits per heavy atom. The predicted molar refractivity (Wildman–Crippen MR) is 51.6 cm³/mol. The third-order valence-electron chi connectivity index (χ3n) is 2.73. The lowest BCUT2D eigenvalue weighted by molar-refractivity contribution is 0.181. The Labute approximate surface area is 83.2 Å². The fraction of sp³-hybridized carbons (Fsp3) is 0.778. The molecule has 1 unspecified atom stereocenters. The monoisotopic (exact) mass is 196 g/mol.